The lowest BCUT2D eigenvalue weighted by atomic mass is 9.79. The van der Waals surface area contributed by atoms with E-state index in [-0.39, 0.29) is 5.92 Å². The number of carbonyl (C=O) groups is 1. The second-order valence-electron chi connectivity index (χ2n) is 3.22. The molecule has 0 radical (unpaired) electrons. The van der Waals surface area contributed by atoms with Gasteiger partial charge in [-0.15, -0.1) is 0 Å². The summed E-state index contributed by atoms with van der Waals surface area (Å²) in [5.41, 5.74) is 1.12. The van der Waals surface area contributed by atoms with Crippen molar-refractivity contribution in [2.24, 2.45) is 0 Å². The maximum absolute atomic E-state index is 11.2. The molecule has 1 unspecified atom stereocenters. The smallest absolute Gasteiger partial charge is 0.140 e. The zero-order valence-corrected chi connectivity index (χ0v) is 10.1. The van der Waals surface area contributed by atoms with Gasteiger partial charge in [0.2, 0.25) is 0 Å². The molecule has 68 valence electrons. The summed E-state index contributed by atoms with van der Waals surface area (Å²) in [6.07, 6.45) is 1.74. The number of benzene rings is 1. The Labute approximate surface area is 93.8 Å². The van der Waals surface area contributed by atoms with E-state index in [4.69, 9.17) is 0 Å². The molecule has 1 atom stereocenters. The minimum atomic E-state index is 0.141. The molecule has 1 nitrogen and oxygen atoms in total. The molecule has 0 amide bonds. The maximum Gasteiger partial charge on any atom is 0.140 e. The van der Waals surface area contributed by atoms with Crippen LogP contribution in [0.4, 0.5) is 0 Å². The standard InChI is InChI=1S/C10H8Br2O/c11-6-1-2-7(9(12)5-6)8-3-4-10(8)13/h1-2,5,8H,3-4H2. The van der Waals surface area contributed by atoms with Crippen molar-refractivity contribution in [2.45, 2.75) is 18.8 Å². The van der Waals surface area contributed by atoms with Crippen LogP contribution in [-0.4, -0.2) is 5.78 Å². The van der Waals surface area contributed by atoms with Crippen LogP contribution in [0.1, 0.15) is 24.3 Å². The first kappa shape index (κ1) is 9.41. The van der Waals surface area contributed by atoms with E-state index in [2.05, 4.69) is 31.9 Å². The van der Waals surface area contributed by atoms with Gasteiger partial charge < -0.3 is 0 Å². The third-order valence-corrected chi connectivity index (χ3v) is 3.59. The van der Waals surface area contributed by atoms with Crippen molar-refractivity contribution in [3.8, 4) is 0 Å². The van der Waals surface area contributed by atoms with Gasteiger partial charge in [-0.1, -0.05) is 37.9 Å². The van der Waals surface area contributed by atoms with E-state index in [9.17, 15) is 4.79 Å². The second kappa shape index (κ2) is 3.54. The normalized spacial score (nSPS) is 21.4. The van der Waals surface area contributed by atoms with Crippen molar-refractivity contribution >= 4 is 37.6 Å². The van der Waals surface area contributed by atoms with Crippen LogP contribution < -0.4 is 0 Å². The molecule has 3 heteroatoms. The van der Waals surface area contributed by atoms with Crippen LogP contribution in [0.15, 0.2) is 27.1 Å². The Morgan fingerprint density at radius 3 is 2.54 bits per heavy atom. The molecule has 0 bridgehead atoms. The molecule has 2 rings (SSSR count). The molecule has 0 spiro atoms. The summed E-state index contributed by atoms with van der Waals surface area (Å²) >= 11 is 6.85. The molecule has 1 fully saturated rings. The van der Waals surface area contributed by atoms with Crippen molar-refractivity contribution in [3.05, 3.63) is 32.7 Å². The fraction of sp³-hybridized carbons (Fsp3) is 0.300. The number of carbonyl (C=O) groups excluding carboxylic acids is 1. The van der Waals surface area contributed by atoms with E-state index in [1.54, 1.807) is 0 Å². The SMILES string of the molecule is O=C1CCC1c1ccc(Br)cc1Br. The molecule has 13 heavy (non-hydrogen) atoms. The number of ketones is 1. The average molecular weight is 304 g/mol. The Kier molecular flexibility index (Phi) is 2.56. The molecule has 0 heterocycles. The highest BCUT2D eigenvalue weighted by Crippen LogP contribution is 2.37. The van der Waals surface area contributed by atoms with Gasteiger partial charge in [0, 0.05) is 21.3 Å². The molecule has 1 saturated carbocycles. The average Bonchev–Trinajstić information content (AvgIpc) is 2.07. The van der Waals surface area contributed by atoms with Gasteiger partial charge in [0.1, 0.15) is 5.78 Å². The lowest BCUT2D eigenvalue weighted by molar-refractivity contribution is -0.125. The van der Waals surface area contributed by atoms with E-state index in [0.29, 0.717) is 5.78 Å². The summed E-state index contributed by atoms with van der Waals surface area (Å²) < 4.78 is 2.06. The molecule has 0 aromatic heterocycles. The van der Waals surface area contributed by atoms with Gasteiger partial charge in [-0.2, -0.15) is 0 Å². The van der Waals surface area contributed by atoms with Crippen LogP contribution in [0, 0.1) is 0 Å². The van der Waals surface area contributed by atoms with Crippen molar-refractivity contribution in [1.29, 1.82) is 0 Å². The Morgan fingerprint density at radius 2 is 2.08 bits per heavy atom. The molecule has 1 aromatic carbocycles. The molecule has 1 aliphatic rings. The molecule has 1 aromatic rings. The van der Waals surface area contributed by atoms with Crippen LogP contribution in [0.3, 0.4) is 0 Å². The van der Waals surface area contributed by atoms with Gasteiger partial charge in [0.15, 0.2) is 0 Å². The van der Waals surface area contributed by atoms with Crippen LogP contribution in [0.25, 0.3) is 0 Å². The molecular weight excluding hydrogens is 296 g/mol. The van der Waals surface area contributed by atoms with Crippen LogP contribution in [0.2, 0.25) is 0 Å². The quantitative estimate of drug-likeness (QED) is 0.774. The summed E-state index contributed by atoms with van der Waals surface area (Å²) in [6.45, 7) is 0. The van der Waals surface area contributed by atoms with Gasteiger partial charge in [0.25, 0.3) is 0 Å². The summed E-state index contributed by atoms with van der Waals surface area (Å²) in [6, 6.07) is 5.97. The van der Waals surface area contributed by atoms with Gasteiger partial charge in [-0.3, -0.25) is 4.79 Å². The van der Waals surface area contributed by atoms with Crippen LogP contribution in [0.5, 0.6) is 0 Å². The van der Waals surface area contributed by atoms with Crippen molar-refractivity contribution < 1.29 is 4.79 Å². The van der Waals surface area contributed by atoms with E-state index in [1.165, 1.54) is 0 Å². The van der Waals surface area contributed by atoms with Crippen molar-refractivity contribution in [3.63, 3.8) is 0 Å². The molecule has 1 aliphatic carbocycles. The topological polar surface area (TPSA) is 17.1 Å². The molecule has 0 aliphatic heterocycles. The second-order valence-corrected chi connectivity index (χ2v) is 4.99. The fourth-order valence-electron chi connectivity index (χ4n) is 1.52. The number of rotatable bonds is 1. The van der Waals surface area contributed by atoms with Crippen LogP contribution >= 0.6 is 31.9 Å². The van der Waals surface area contributed by atoms with E-state index < -0.39 is 0 Å². The number of hydrogen-bond donors (Lipinski definition) is 0. The number of Topliss-reactive ketones (excluding diaryl/α,β-unsaturated/α-hetero) is 1. The summed E-state index contributed by atoms with van der Waals surface area (Å²) in [5, 5.41) is 0. The first-order chi connectivity index (χ1) is 6.18. The largest absolute Gasteiger partial charge is 0.299 e. The summed E-state index contributed by atoms with van der Waals surface area (Å²) in [5.74, 6) is 0.505. The highest BCUT2D eigenvalue weighted by molar-refractivity contribution is 9.11. The Balaban J connectivity index is 2.35. The number of halogens is 2. The van der Waals surface area contributed by atoms with Gasteiger partial charge in [0.05, 0.1) is 0 Å². The van der Waals surface area contributed by atoms with Gasteiger partial charge >= 0.3 is 0 Å². The van der Waals surface area contributed by atoms with Crippen molar-refractivity contribution in [1.82, 2.24) is 0 Å². The summed E-state index contributed by atoms with van der Waals surface area (Å²) in [7, 11) is 0. The maximum atomic E-state index is 11.2. The zero-order valence-electron chi connectivity index (χ0n) is 6.89. The highest BCUT2D eigenvalue weighted by atomic mass is 79.9. The van der Waals surface area contributed by atoms with Crippen LogP contribution in [-0.2, 0) is 4.79 Å². The predicted octanol–water partition coefficient (Wildman–Crippen LogP) is 3.66. The Hall–Kier alpha value is -0.150. The summed E-state index contributed by atoms with van der Waals surface area (Å²) in [4.78, 5) is 11.2. The lowest BCUT2D eigenvalue weighted by Gasteiger charge is -2.25. The lowest BCUT2D eigenvalue weighted by Crippen LogP contribution is -2.23. The molecular formula is C10H8Br2O. The third-order valence-electron chi connectivity index (χ3n) is 2.41. The molecule has 0 saturated heterocycles. The van der Waals surface area contributed by atoms with Gasteiger partial charge in [-0.05, 0) is 24.1 Å². The minimum absolute atomic E-state index is 0.141. The number of hydrogen-bond acceptors (Lipinski definition) is 1. The minimum Gasteiger partial charge on any atom is -0.299 e. The molecule has 0 N–H and O–H groups in total. The van der Waals surface area contributed by atoms with E-state index in [1.807, 2.05) is 18.2 Å². The van der Waals surface area contributed by atoms with E-state index >= 15 is 0 Å². The fourth-order valence-corrected chi connectivity index (χ4v) is 2.84. The first-order valence-electron chi connectivity index (χ1n) is 4.16. The Morgan fingerprint density at radius 1 is 1.31 bits per heavy atom. The monoisotopic (exact) mass is 302 g/mol. The predicted molar refractivity (Wildman–Crippen MR) is 58.8 cm³/mol. The Bertz CT molecular complexity index is 360. The van der Waals surface area contributed by atoms with Gasteiger partial charge in [-0.25, -0.2) is 0 Å². The van der Waals surface area contributed by atoms with Crippen molar-refractivity contribution in [2.75, 3.05) is 0 Å². The van der Waals surface area contributed by atoms with E-state index in [0.717, 1.165) is 27.4 Å². The third kappa shape index (κ3) is 1.72. The zero-order chi connectivity index (χ0) is 9.42. The first-order valence-corrected chi connectivity index (χ1v) is 5.75. The highest BCUT2D eigenvalue weighted by Gasteiger charge is 2.30.